The number of sulfonamides is 1. The number of likely N-dealkylation sites (tertiary alicyclic amines) is 1. The van der Waals surface area contributed by atoms with Gasteiger partial charge in [-0.1, -0.05) is 60.7 Å². The zero-order valence-electron chi connectivity index (χ0n) is 23.5. The van der Waals surface area contributed by atoms with E-state index in [0.29, 0.717) is 38.9 Å². The van der Waals surface area contributed by atoms with Crippen molar-refractivity contribution in [3.8, 4) is 0 Å². The minimum absolute atomic E-state index is 0.0228. The number of primary amides is 1. The SMILES string of the molecule is CS[C@H]1C[C@@H](C(N)=O)[N@@+](CCCCNC(=O)OCc2ccccc2)(C(=O)CNS(=O)(=O)c2ccc3ccccc3c2)C1. The normalized spacial score (nSPS) is 20.3. The number of unbranched alkanes of at least 4 members (excludes halogenated alkanes) is 1. The van der Waals surface area contributed by atoms with Gasteiger partial charge in [0.2, 0.25) is 10.0 Å². The molecule has 0 aliphatic carbocycles. The summed E-state index contributed by atoms with van der Waals surface area (Å²) in [4.78, 5) is 38.4. The zero-order chi connectivity index (χ0) is 30.2. The van der Waals surface area contributed by atoms with E-state index in [-0.39, 0.29) is 21.2 Å². The number of nitrogens with zero attached hydrogens (tertiary/aromatic N) is 1. The Balaban J connectivity index is 1.38. The van der Waals surface area contributed by atoms with Crippen molar-refractivity contribution in [2.75, 3.05) is 32.4 Å². The maximum absolute atomic E-state index is 13.8. The number of benzene rings is 3. The van der Waals surface area contributed by atoms with Crippen LogP contribution in [0.2, 0.25) is 0 Å². The zero-order valence-corrected chi connectivity index (χ0v) is 25.2. The van der Waals surface area contributed by atoms with Gasteiger partial charge in [-0.05, 0) is 47.6 Å². The number of amides is 3. The number of rotatable bonds is 13. The summed E-state index contributed by atoms with van der Waals surface area (Å²) in [5.41, 5.74) is 6.66. The Kier molecular flexibility index (Phi) is 10.6. The molecule has 3 aromatic rings. The van der Waals surface area contributed by atoms with Crippen molar-refractivity contribution in [1.82, 2.24) is 10.0 Å². The third kappa shape index (κ3) is 7.68. The standard InChI is InChI=1S/C30H36N4O6S2/c1-41-25-18-27(29(31)36)34(20-25,16-8-7-15-32-30(37)40-21-22-9-3-2-4-10-22)28(35)19-33-42(38,39)26-14-13-23-11-5-6-12-24(23)17-26/h2-6,9-14,17,25,27,33H,7-8,15-16,18-21H2,1H3,(H2-,31,32,36,37)/p+1/t25-,27-,34-/m0/s1. The second-order valence-corrected chi connectivity index (χ2v) is 13.3. The first-order valence-corrected chi connectivity index (χ1v) is 16.6. The largest absolute Gasteiger partial charge is 0.445 e. The number of alkyl carbamates (subject to hydrolysis) is 1. The van der Waals surface area contributed by atoms with Crippen molar-refractivity contribution in [2.24, 2.45) is 5.73 Å². The minimum atomic E-state index is -3.99. The fourth-order valence-corrected chi connectivity index (χ4v) is 7.21. The molecule has 12 heteroatoms. The summed E-state index contributed by atoms with van der Waals surface area (Å²) in [6, 6.07) is 20.8. The third-order valence-electron chi connectivity index (χ3n) is 7.68. The lowest BCUT2D eigenvalue weighted by atomic mass is 10.1. The fraction of sp³-hybridized carbons (Fsp3) is 0.367. The van der Waals surface area contributed by atoms with E-state index in [1.807, 2.05) is 60.9 Å². The number of hydrogen-bond donors (Lipinski definition) is 3. The Bertz CT molecular complexity index is 1520. The monoisotopic (exact) mass is 613 g/mol. The number of thioether (sulfide) groups is 1. The molecule has 3 atom stereocenters. The van der Waals surface area contributed by atoms with Crippen molar-refractivity contribution in [1.29, 1.82) is 0 Å². The molecule has 1 fully saturated rings. The highest BCUT2D eigenvalue weighted by atomic mass is 32.2. The number of carbonyl (C=O) groups is 3. The number of hydrogen-bond acceptors (Lipinski definition) is 7. The molecule has 1 heterocycles. The van der Waals surface area contributed by atoms with Crippen LogP contribution in [-0.2, 0) is 31.0 Å². The number of quaternary nitrogens is 1. The van der Waals surface area contributed by atoms with Crippen molar-refractivity contribution < 1.29 is 32.0 Å². The van der Waals surface area contributed by atoms with E-state index in [1.54, 1.807) is 23.9 Å². The highest BCUT2D eigenvalue weighted by molar-refractivity contribution is 7.99. The number of nitrogens with two attached hydrogens (primary N) is 1. The molecular formula is C30H37N4O6S2+. The Labute approximate surface area is 250 Å². The quantitative estimate of drug-likeness (QED) is 0.198. The maximum Gasteiger partial charge on any atom is 0.407 e. The van der Waals surface area contributed by atoms with E-state index in [9.17, 15) is 22.8 Å². The van der Waals surface area contributed by atoms with Gasteiger partial charge in [-0.15, -0.1) is 0 Å². The van der Waals surface area contributed by atoms with Gasteiger partial charge in [-0.3, -0.25) is 4.79 Å². The van der Waals surface area contributed by atoms with E-state index in [4.69, 9.17) is 10.5 Å². The summed E-state index contributed by atoms with van der Waals surface area (Å²) in [5, 5.41) is 4.40. The van der Waals surface area contributed by atoms with E-state index in [1.165, 1.54) is 6.07 Å². The maximum atomic E-state index is 13.8. The Morgan fingerprint density at radius 2 is 1.71 bits per heavy atom. The van der Waals surface area contributed by atoms with Crippen LogP contribution in [0, 0.1) is 0 Å². The molecule has 0 spiro atoms. The topological polar surface area (TPSA) is 145 Å². The summed E-state index contributed by atoms with van der Waals surface area (Å²) < 4.78 is 33.7. The predicted molar refractivity (Wildman–Crippen MR) is 163 cm³/mol. The van der Waals surface area contributed by atoms with Gasteiger partial charge in [-0.25, -0.2) is 22.5 Å². The van der Waals surface area contributed by atoms with Crippen LogP contribution >= 0.6 is 11.8 Å². The lowest BCUT2D eigenvalue weighted by Crippen LogP contribution is -2.63. The lowest BCUT2D eigenvalue weighted by molar-refractivity contribution is -0.857. The average Bonchev–Trinajstić information content (AvgIpc) is 3.39. The van der Waals surface area contributed by atoms with Gasteiger partial charge in [0.1, 0.15) is 13.2 Å². The highest BCUT2D eigenvalue weighted by Crippen LogP contribution is 2.34. The first-order chi connectivity index (χ1) is 20.1. The molecule has 0 unspecified atom stereocenters. The Morgan fingerprint density at radius 1 is 1.00 bits per heavy atom. The molecule has 1 aliphatic rings. The third-order valence-corrected chi connectivity index (χ3v) is 10.1. The van der Waals surface area contributed by atoms with E-state index in [2.05, 4.69) is 10.0 Å². The van der Waals surface area contributed by atoms with Gasteiger partial charge in [0, 0.05) is 13.0 Å². The molecule has 4 rings (SSSR count). The van der Waals surface area contributed by atoms with Crippen molar-refractivity contribution in [3.05, 3.63) is 78.4 Å². The van der Waals surface area contributed by atoms with Gasteiger partial charge in [0.05, 0.1) is 23.2 Å². The van der Waals surface area contributed by atoms with Crippen LogP contribution in [0.5, 0.6) is 0 Å². The van der Waals surface area contributed by atoms with Crippen LogP contribution in [0.25, 0.3) is 10.8 Å². The summed E-state index contributed by atoms with van der Waals surface area (Å²) in [6.45, 7) is 0.681. The minimum Gasteiger partial charge on any atom is -0.445 e. The Morgan fingerprint density at radius 3 is 2.43 bits per heavy atom. The summed E-state index contributed by atoms with van der Waals surface area (Å²) in [5.74, 6) is -0.991. The van der Waals surface area contributed by atoms with Gasteiger partial charge in [-0.2, -0.15) is 16.5 Å². The van der Waals surface area contributed by atoms with Crippen LogP contribution in [-0.4, -0.2) is 74.5 Å². The molecule has 4 N–H and O–H groups in total. The second kappa shape index (κ2) is 14.1. The number of fused-ring (bicyclic) bond motifs is 1. The van der Waals surface area contributed by atoms with E-state index >= 15 is 0 Å². The first kappa shape index (κ1) is 31.5. The van der Waals surface area contributed by atoms with Crippen molar-refractivity contribution in [2.45, 2.75) is 42.1 Å². The van der Waals surface area contributed by atoms with Crippen LogP contribution in [0.3, 0.4) is 0 Å². The van der Waals surface area contributed by atoms with Crippen molar-refractivity contribution in [3.63, 3.8) is 0 Å². The van der Waals surface area contributed by atoms with Gasteiger partial charge >= 0.3 is 12.0 Å². The fourth-order valence-electron chi connectivity index (χ4n) is 5.41. The van der Waals surface area contributed by atoms with Crippen LogP contribution in [0.4, 0.5) is 4.79 Å². The molecular weight excluding hydrogens is 576 g/mol. The molecule has 0 radical (unpaired) electrons. The smallest absolute Gasteiger partial charge is 0.407 e. The summed E-state index contributed by atoms with van der Waals surface area (Å²) in [7, 11) is -3.99. The molecule has 1 aliphatic heterocycles. The van der Waals surface area contributed by atoms with Crippen LogP contribution < -0.4 is 15.8 Å². The molecule has 0 aromatic heterocycles. The number of carbonyl (C=O) groups excluding carboxylic acids is 3. The summed E-state index contributed by atoms with van der Waals surface area (Å²) >= 11 is 1.56. The van der Waals surface area contributed by atoms with Crippen LogP contribution in [0.15, 0.2) is 77.7 Å². The molecule has 3 amide bonds. The predicted octanol–water partition coefficient (Wildman–Crippen LogP) is 3.16. The first-order valence-electron chi connectivity index (χ1n) is 13.8. The highest BCUT2D eigenvalue weighted by Gasteiger charge is 2.54. The second-order valence-electron chi connectivity index (χ2n) is 10.4. The average molecular weight is 614 g/mol. The van der Waals surface area contributed by atoms with E-state index < -0.39 is 40.5 Å². The van der Waals surface area contributed by atoms with Gasteiger partial charge in [0.25, 0.3) is 5.91 Å². The molecule has 42 heavy (non-hydrogen) atoms. The van der Waals surface area contributed by atoms with Crippen molar-refractivity contribution >= 4 is 50.5 Å². The number of ether oxygens (including phenoxy) is 1. The molecule has 10 nitrogen and oxygen atoms in total. The molecule has 1 saturated heterocycles. The Hall–Kier alpha value is -3.45. The molecule has 3 aromatic carbocycles. The van der Waals surface area contributed by atoms with Gasteiger partial charge < -0.3 is 15.8 Å². The summed E-state index contributed by atoms with van der Waals surface area (Å²) in [6.07, 6.45) is 2.85. The van der Waals surface area contributed by atoms with E-state index in [0.717, 1.165) is 16.3 Å². The molecule has 0 bridgehead atoms. The lowest BCUT2D eigenvalue weighted by Gasteiger charge is -2.36. The van der Waals surface area contributed by atoms with Gasteiger partial charge in [0.15, 0.2) is 6.04 Å². The van der Waals surface area contributed by atoms with Crippen LogP contribution in [0.1, 0.15) is 24.8 Å². The molecule has 0 saturated carbocycles. The molecule has 224 valence electrons. The number of nitrogens with one attached hydrogen (secondary N) is 2.